The molecule has 2 aromatic carbocycles. The Hall–Kier alpha value is -2.64. The van der Waals surface area contributed by atoms with E-state index in [-0.39, 0.29) is 11.2 Å². The molecule has 0 aliphatic heterocycles. The third-order valence-corrected chi connectivity index (χ3v) is 5.74. The first-order chi connectivity index (χ1) is 14.7. The summed E-state index contributed by atoms with van der Waals surface area (Å²) in [7, 11) is 0. The SMILES string of the molecule is CSc1nc(NCCc2ccccc2F)c2cnn(CC(Cl)c3ccccc3)c2n1. The van der Waals surface area contributed by atoms with Gasteiger partial charge in [-0.15, -0.1) is 11.6 Å². The molecule has 1 atom stereocenters. The number of thioether (sulfide) groups is 1. The van der Waals surface area contributed by atoms with Gasteiger partial charge in [-0.2, -0.15) is 5.10 Å². The number of nitrogens with zero attached hydrogens (tertiary/aromatic N) is 4. The maximum atomic E-state index is 13.9. The van der Waals surface area contributed by atoms with Gasteiger partial charge >= 0.3 is 0 Å². The third-order valence-electron chi connectivity index (χ3n) is 4.80. The van der Waals surface area contributed by atoms with Gasteiger partial charge in [0.2, 0.25) is 0 Å². The van der Waals surface area contributed by atoms with Gasteiger partial charge < -0.3 is 5.32 Å². The predicted molar refractivity (Wildman–Crippen MR) is 121 cm³/mol. The molecule has 30 heavy (non-hydrogen) atoms. The molecule has 4 rings (SSSR count). The zero-order valence-electron chi connectivity index (χ0n) is 16.4. The number of benzene rings is 2. The first-order valence-corrected chi connectivity index (χ1v) is 11.3. The second-order valence-electron chi connectivity index (χ2n) is 6.77. The van der Waals surface area contributed by atoms with E-state index in [1.54, 1.807) is 18.3 Å². The molecule has 0 aliphatic rings. The fourth-order valence-corrected chi connectivity index (χ4v) is 3.87. The lowest BCUT2D eigenvalue weighted by atomic mass is 10.1. The summed E-state index contributed by atoms with van der Waals surface area (Å²) in [6.07, 6.45) is 4.23. The Balaban J connectivity index is 1.56. The van der Waals surface area contributed by atoms with Crippen LogP contribution in [0.15, 0.2) is 66.0 Å². The number of halogens is 2. The lowest BCUT2D eigenvalue weighted by Crippen LogP contribution is -2.10. The minimum atomic E-state index is -0.223. The van der Waals surface area contributed by atoms with Gasteiger partial charge in [0, 0.05) is 6.54 Å². The van der Waals surface area contributed by atoms with Gasteiger partial charge in [0.1, 0.15) is 11.6 Å². The molecule has 4 aromatic rings. The zero-order chi connectivity index (χ0) is 20.9. The van der Waals surface area contributed by atoms with Gasteiger partial charge in [-0.25, -0.2) is 19.0 Å². The van der Waals surface area contributed by atoms with E-state index in [4.69, 9.17) is 11.6 Å². The van der Waals surface area contributed by atoms with E-state index in [1.807, 2.05) is 47.3 Å². The molecule has 0 aliphatic carbocycles. The van der Waals surface area contributed by atoms with E-state index in [9.17, 15) is 4.39 Å². The summed E-state index contributed by atoms with van der Waals surface area (Å²) in [5.74, 6) is 0.497. The van der Waals surface area contributed by atoms with E-state index in [0.717, 1.165) is 16.6 Å². The van der Waals surface area contributed by atoms with Crippen LogP contribution in [-0.4, -0.2) is 32.5 Å². The number of alkyl halides is 1. The monoisotopic (exact) mass is 441 g/mol. The van der Waals surface area contributed by atoms with E-state index >= 15 is 0 Å². The largest absolute Gasteiger partial charge is 0.369 e. The minimum Gasteiger partial charge on any atom is -0.369 e. The van der Waals surface area contributed by atoms with Gasteiger partial charge in [-0.3, -0.25) is 0 Å². The van der Waals surface area contributed by atoms with Crippen molar-refractivity contribution in [3.05, 3.63) is 77.7 Å². The Morgan fingerprint density at radius 3 is 2.63 bits per heavy atom. The normalized spacial score (nSPS) is 12.2. The van der Waals surface area contributed by atoms with Crippen molar-refractivity contribution in [2.45, 2.75) is 23.5 Å². The van der Waals surface area contributed by atoms with Crippen LogP contribution in [0.25, 0.3) is 11.0 Å². The minimum absolute atomic E-state index is 0.196. The van der Waals surface area contributed by atoms with Crippen molar-refractivity contribution >= 4 is 40.2 Å². The maximum absolute atomic E-state index is 13.9. The molecule has 0 bridgehead atoms. The van der Waals surface area contributed by atoms with Gasteiger partial charge in [0.15, 0.2) is 10.8 Å². The van der Waals surface area contributed by atoms with Crippen molar-refractivity contribution in [3.8, 4) is 0 Å². The molecule has 154 valence electrons. The number of fused-ring (bicyclic) bond motifs is 1. The third kappa shape index (κ3) is 4.57. The van der Waals surface area contributed by atoms with Crippen molar-refractivity contribution in [2.75, 3.05) is 18.1 Å². The standard InChI is InChI=1S/C22H21ClFN5S/c1-30-22-27-20(25-12-11-16-9-5-6-10-19(16)24)17-13-26-29(21(17)28-22)14-18(23)15-7-3-2-4-8-15/h2-10,13,18H,11-12,14H2,1H3,(H,25,27,28). The van der Waals surface area contributed by atoms with Gasteiger partial charge in [0.25, 0.3) is 0 Å². The average Bonchev–Trinajstić information content (AvgIpc) is 3.18. The van der Waals surface area contributed by atoms with Crippen molar-refractivity contribution in [2.24, 2.45) is 0 Å². The van der Waals surface area contributed by atoms with Crippen molar-refractivity contribution in [3.63, 3.8) is 0 Å². The lowest BCUT2D eigenvalue weighted by Gasteiger charge is -2.12. The highest BCUT2D eigenvalue weighted by Gasteiger charge is 2.16. The second-order valence-corrected chi connectivity index (χ2v) is 8.07. The summed E-state index contributed by atoms with van der Waals surface area (Å²) in [4.78, 5) is 9.22. The van der Waals surface area contributed by atoms with Gasteiger partial charge in [-0.05, 0) is 29.9 Å². The molecule has 0 spiro atoms. The number of rotatable bonds is 8. The van der Waals surface area contributed by atoms with E-state index in [2.05, 4.69) is 20.4 Å². The summed E-state index contributed by atoms with van der Waals surface area (Å²) < 4.78 is 15.7. The fraction of sp³-hybridized carbons (Fsp3) is 0.227. The Morgan fingerprint density at radius 1 is 1.10 bits per heavy atom. The lowest BCUT2D eigenvalue weighted by molar-refractivity contribution is 0.610. The summed E-state index contributed by atoms with van der Waals surface area (Å²) in [6.45, 7) is 1.04. The molecule has 0 radical (unpaired) electrons. The molecule has 0 saturated heterocycles. The Morgan fingerprint density at radius 2 is 1.87 bits per heavy atom. The van der Waals surface area contributed by atoms with Crippen LogP contribution in [0.3, 0.4) is 0 Å². The Kier molecular flexibility index (Phi) is 6.50. The first kappa shape index (κ1) is 20.6. The molecule has 1 unspecified atom stereocenters. The number of anilines is 1. The van der Waals surface area contributed by atoms with E-state index < -0.39 is 0 Å². The van der Waals surface area contributed by atoms with Crippen LogP contribution in [-0.2, 0) is 13.0 Å². The maximum Gasteiger partial charge on any atom is 0.191 e. The van der Waals surface area contributed by atoms with Crippen molar-refractivity contribution in [1.82, 2.24) is 19.7 Å². The van der Waals surface area contributed by atoms with E-state index in [1.165, 1.54) is 17.8 Å². The molecule has 5 nitrogen and oxygen atoms in total. The molecular formula is C22H21ClFN5S. The summed E-state index contributed by atoms with van der Waals surface area (Å²) in [5, 5.41) is 9.05. The van der Waals surface area contributed by atoms with Crippen molar-refractivity contribution in [1.29, 1.82) is 0 Å². The molecule has 2 heterocycles. The van der Waals surface area contributed by atoms with Crippen LogP contribution in [0.5, 0.6) is 0 Å². The number of nitrogens with one attached hydrogen (secondary N) is 1. The van der Waals surface area contributed by atoms with Gasteiger partial charge in [0.05, 0.1) is 23.5 Å². The predicted octanol–water partition coefficient (Wildman–Crippen LogP) is 5.32. The van der Waals surface area contributed by atoms with Crippen LogP contribution in [0.1, 0.15) is 16.5 Å². The second kappa shape index (κ2) is 9.45. The number of aromatic nitrogens is 4. The smallest absolute Gasteiger partial charge is 0.191 e. The molecule has 0 amide bonds. The number of hydrogen-bond donors (Lipinski definition) is 1. The molecular weight excluding hydrogens is 421 g/mol. The molecule has 1 N–H and O–H groups in total. The van der Waals surface area contributed by atoms with E-state index in [0.29, 0.717) is 36.0 Å². The molecule has 0 fully saturated rings. The number of hydrogen-bond acceptors (Lipinski definition) is 5. The van der Waals surface area contributed by atoms with Crippen LogP contribution in [0.2, 0.25) is 0 Å². The van der Waals surface area contributed by atoms with Crippen molar-refractivity contribution < 1.29 is 4.39 Å². The quantitative estimate of drug-likeness (QED) is 0.228. The van der Waals surface area contributed by atoms with Crippen LogP contribution < -0.4 is 5.32 Å². The Bertz CT molecular complexity index is 1140. The summed E-state index contributed by atoms with van der Waals surface area (Å²) >= 11 is 8.08. The van der Waals surface area contributed by atoms with Gasteiger partial charge in [-0.1, -0.05) is 60.3 Å². The molecule has 8 heteroatoms. The van der Waals surface area contributed by atoms with Crippen LogP contribution in [0, 0.1) is 5.82 Å². The molecule has 0 saturated carbocycles. The first-order valence-electron chi connectivity index (χ1n) is 9.59. The van der Waals surface area contributed by atoms with Crippen LogP contribution in [0.4, 0.5) is 10.2 Å². The molecule has 2 aromatic heterocycles. The Labute approximate surface area is 183 Å². The van der Waals surface area contributed by atoms with Crippen LogP contribution >= 0.6 is 23.4 Å². The summed E-state index contributed by atoms with van der Waals surface area (Å²) in [5.41, 5.74) is 2.43. The zero-order valence-corrected chi connectivity index (χ0v) is 18.0. The highest BCUT2D eigenvalue weighted by molar-refractivity contribution is 7.98. The highest BCUT2D eigenvalue weighted by Crippen LogP contribution is 2.27. The summed E-state index contributed by atoms with van der Waals surface area (Å²) in [6, 6.07) is 16.7. The topological polar surface area (TPSA) is 55.6 Å². The average molecular weight is 442 g/mol. The highest BCUT2D eigenvalue weighted by atomic mass is 35.5. The fourth-order valence-electron chi connectivity index (χ4n) is 3.23.